The lowest BCUT2D eigenvalue weighted by Gasteiger charge is -1.88. The van der Waals surface area contributed by atoms with Crippen molar-refractivity contribution in [2.45, 2.75) is 18.8 Å². The molecule has 1 aliphatic rings. The largest absolute Gasteiger partial charge is 0.334 e. The third kappa shape index (κ3) is 1.26. The summed E-state index contributed by atoms with van der Waals surface area (Å²) in [7, 11) is 0. The maximum atomic E-state index is 5.12. The molecule has 1 saturated carbocycles. The second-order valence-corrected chi connectivity index (χ2v) is 3.36. The van der Waals surface area contributed by atoms with Crippen LogP contribution in [-0.2, 0) is 0 Å². The quantitative estimate of drug-likeness (QED) is 0.712. The molecule has 0 aromatic carbocycles. The van der Waals surface area contributed by atoms with Gasteiger partial charge in [-0.1, -0.05) is 5.16 Å². The second-order valence-electron chi connectivity index (χ2n) is 3.36. The second kappa shape index (κ2) is 2.87. The van der Waals surface area contributed by atoms with Crippen molar-refractivity contribution in [1.29, 1.82) is 0 Å². The molecule has 70 valence electrons. The zero-order valence-electron chi connectivity index (χ0n) is 7.42. The maximum Gasteiger partial charge on any atom is 0.259 e. The number of hydrogen-bond donors (Lipinski definition) is 0. The van der Waals surface area contributed by atoms with Gasteiger partial charge in [0, 0.05) is 5.92 Å². The molecule has 0 radical (unpaired) electrons. The summed E-state index contributed by atoms with van der Waals surface area (Å²) in [6.45, 7) is 0. The average molecular weight is 188 g/mol. The molecule has 5 heteroatoms. The van der Waals surface area contributed by atoms with E-state index in [0.717, 1.165) is 11.4 Å². The van der Waals surface area contributed by atoms with E-state index < -0.39 is 0 Å². The highest BCUT2D eigenvalue weighted by Gasteiger charge is 2.28. The fourth-order valence-corrected chi connectivity index (χ4v) is 1.28. The minimum Gasteiger partial charge on any atom is -0.334 e. The monoisotopic (exact) mass is 188 g/mol. The van der Waals surface area contributed by atoms with Crippen molar-refractivity contribution in [2.24, 2.45) is 0 Å². The molecule has 5 nitrogen and oxygen atoms in total. The van der Waals surface area contributed by atoms with Crippen LogP contribution in [0.5, 0.6) is 0 Å². The first-order valence-electron chi connectivity index (χ1n) is 4.54. The van der Waals surface area contributed by atoms with Gasteiger partial charge in [-0.25, -0.2) is 0 Å². The fourth-order valence-electron chi connectivity index (χ4n) is 1.28. The van der Waals surface area contributed by atoms with Gasteiger partial charge >= 0.3 is 0 Å². The van der Waals surface area contributed by atoms with Crippen molar-refractivity contribution in [3.63, 3.8) is 0 Å². The summed E-state index contributed by atoms with van der Waals surface area (Å²) in [4.78, 5) is 4.30. The molecule has 0 N–H and O–H groups in total. The summed E-state index contributed by atoms with van der Waals surface area (Å²) in [6, 6.07) is 1.80. The molecule has 3 rings (SSSR count). The molecule has 2 heterocycles. The van der Waals surface area contributed by atoms with E-state index >= 15 is 0 Å². The van der Waals surface area contributed by atoms with Crippen LogP contribution in [-0.4, -0.2) is 20.3 Å². The molecule has 1 aliphatic carbocycles. The Balaban J connectivity index is 1.96. The molecule has 14 heavy (non-hydrogen) atoms. The highest BCUT2D eigenvalue weighted by atomic mass is 16.5. The van der Waals surface area contributed by atoms with E-state index in [1.807, 2.05) is 0 Å². The van der Waals surface area contributed by atoms with E-state index in [0.29, 0.717) is 11.8 Å². The van der Waals surface area contributed by atoms with Gasteiger partial charge in [-0.15, -0.1) is 0 Å². The SMILES string of the molecule is c1cc(-c2nc(C3CC3)no2)cnn1. The Morgan fingerprint density at radius 1 is 1.29 bits per heavy atom. The van der Waals surface area contributed by atoms with Crippen LogP contribution in [0.15, 0.2) is 23.0 Å². The average Bonchev–Trinajstić information content (AvgIpc) is 2.98. The van der Waals surface area contributed by atoms with E-state index in [9.17, 15) is 0 Å². The Hall–Kier alpha value is -1.78. The van der Waals surface area contributed by atoms with Crippen LogP contribution >= 0.6 is 0 Å². The molecular weight excluding hydrogens is 180 g/mol. The summed E-state index contributed by atoms with van der Waals surface area (Å²) in [6.07, 6.45) is 5.57. The number of nitrogens with zero attached hydrogens (tertiary/aromatic N) is 4. The van der Waals surface area contributed by atoms with Crippen LogP contribution in [0, 0.1) is 0 Å². The molecule has 0 aliphatic heterocycles. The Bertz CT molecular complexity index is 435. The summed E-state index contributed by atoms with van der Waals surface area (Å²) in [5, 5.41) is 11.4. The number of rotatable bonds is 2. The van der Waals surface area contributed by atoms with Crippen LogP contribution < -0.4 is 0 Å². The van der Waals surface area contributed by atoms with E-state index in [1.165, 1.54) is 12.8 Å². The van der Waals surface area contributed by atoms with Gasteiger partial charge in [0.05, 0.1) is 18.0 Å². The standard InChI is InChI=1S/C9H8N4O/c1-2-6(1)8-12-9(14-13-8)7-3-4-10-11-5-7/h3-6H,1-2H2. The van der Waals surface area contributed by atoms with Crippen LogP contribution in [0.2, 0.25) is 0 Å². The lowest BCUT2D eigenvalue weighted by Crippen LogP contribution is -1.84. The maximum absolute atomic E-state index is 5.12. The lowest BCUT2D eigenvalue weighted by atomic mass is 10.3. The molecule has 0 spiro atoms. The first kappa shape index (κ1) is 7.61. The van der Waals surface area contributed by atoms with Crippen LogP contribution in [0.3, 0.4) is 0 Å². The van der Waals surface area contributed by atoms with Gasteiger partial charge in [0.1, 0.15) is 0 Å². The van der Waals surface area contributed by atoms with Crippen molar-refractivity contribution in [1.82, 2.24) is 20.3 Å². The van der Waals surface area contributed by atoms with E-state index in [4.69, 9.17) is 4.52 Å². The predicted octanol–water partition coefficient (Wildman–Crippen LogP) is 1.40. The number of aromatic nitrogens is 4. The van der Waals surface area contributed by atoms with Crippen molar-refractivity contribution >= 4 is 0 Å². The minimum absolute atomic E-state index is 0.516. The normalized spacial score (nSPS) is 15.7. The Morgan fingerprint density at radius 3 is 2.93 bits per heavy atom. The molecule has 0 saturated heterocycles. The van der Waals surface area contributed by atoms with E-state index in [-0.39, 0.29) is 0 Å². The third-order valence-electron chi connectivity index (χ3n) is 2.22. The smallest absolute Gasteiger partial charge is 0.259 e. The van der Waals surface area contributed by atoms with Gasteiger partial charge in [0.25, 0.3) is 5.89 Å². The van der Waals surface area contributed by atoms with Crippen molar-refractivity contribution in [3.05, 3.63) is 24.3 Å². The van der Waals surface area contributed by atoms with Gasteiger partial charge in [-0.2, -0.15) is 15.2 Å². The molecule has 2 aromatic heterocycles. The highest BCUT2D eigenvalue weighted by Crippen LogP contribution is 2.38. The number of hydrogen-bond acceptors (Lipinski definition) is 5. The Kier molecular flexibility index (Phi) is 1.56. The minimum atomic E-state index is 0.516. The van der Waals surface area contributed by atoms with Gasteiger partial charge in [-0.05, 0) is 18.9 Å². The lowest BCUT2D eigenvalue weighted by molar-refractivity contribution is 0.422. The molecule has 1 fully saturated rings. The van der Waals surface area contributed by atoms with Crippen LogP contribution in [0.25, 0.3) is 11.5 Å². The zero-order chi connectivity index (χ0) is 9.38. The van der Waals surface area contributed by atoms with Crippen molar-refractivity contribution in [3.8, 4) is 11.5 Å². The molecule has 2 aromatic rings. The summed E-state index contributed by atoms with van der Waals surface area (Å²) >= 11 is 0. The Labute approximate surface area is 80.2 Å². The van der Waals surface area contributed by atoms with Crippen molar-refractivity contribution < 1.29 is 4.52 Å². The predicted molar refractivity (Wildman–Crippen MR) is 47.3 cm³/mol. The molecule has 0 amide bonds. The van der Waals surface area contributed by atoms with E-state index in [1.54, 1.807) is 18.5 Å². The summed E-state index contributed by atoms with van der Waals surface area (Å²) < 4.78 is 5.12. The van der Waals surface area contributed by atoms with Gasteiger partial charge in [0.15, 0.2) is 5.82 Å². The molecule has 0 atom stereocenters. The van der Waals surface area contributed by atoms with Crippen LogP contribution in [0.4, 0.5) is 0 Å². The summed E-state index contributed by atoms with van der Waals surface area (Å²) in [5.41, 5.74) is 0.819. The zero-order valence-corrected chi connectivity index (χ0v) is 7.42. The summed E-state index contributed by atoms with van der Waals surface area (Å²) in [5.74, 6) is 1.86. The Morgan fingerprint density at radius 2 is 2.21 bits per heavy atom. The van der Waals surface area contributed by atoms with Gasteiger partial charge < -0.3 is 4.52 Å². The first-order chi connectivity index (χ1) is 6.93. The van der Waals surface area contributed by atoms with Gasteiger partial charge in [-0.3, -0.25) is 0 Å². The van der Waals surface area contributed by atoms with Crippen LogP contribution in [0.1, 0.15) is 24.6 Å². The topological polar surface area (TPSA) is 64.7 Å². The highest BCUT2D eigenvalue weighted by molar-refractivity contribution is 5.49. The van der Waals surface area contributed by atoms with E-state index in [2.05, 4.69) is 20.3 Å². The fraction of sp³-hybridized carbons (Fsp3) is 0.333. The van der Waals surface area contributed by atoms with Gasteiger partial charge in [0.2, 0.25) is 0 Å². The molecule has 0 bridgehead atoms. The third-order valence-corrected chi connectivity index (χ3v) is 2.22. The first-order valence-corrected chi connectivity index (χ1v) is 4.54. The molecule has 0 unspecified atom stereocenters. The molecular formula is C9H8N4O. The van der Waals surface area contributed by atoms with Crippen molar-refractivity contribution in [2.75, 3.05) is 0 Å².